The topological polar surface area (TPSA) is 43.8 Å². The lowest BCUT2D eigenvalue weighted by Crippen LogP contribution is -2.33. The molecular weight excluding hydrogens is 229 g/mol. The summed E-state index contributed by atoms with van der Waals surface area (Å²) in [6.45, 7) is 1.59. The SMILES string of the molecule is CCC(C1=CCC(n2ccnc2)C=C1)C(N)CF. The fourth-order valence-electron chi connectivity index (χ4n) is 2.48. The zero-order valence-electron chi connectivity index (χ0n) is 10.7. The quantitative estimate of drug-likeness (QED) is 0.871. The lowest BCUT2D eigenvalue weighted by Gasteiger charge is -2.25. The number of nitrogens with two attached hydrogens (primary N) is 1. The number of allylic oxidation sites excluding steroid dienone is 3. The second-order valence-electron chi connectivity index (χ2n) is 4.71. The van der Waals surface area contributed by atoms with Crippen molar-refractivity contribution >= 4 is 0 Å². The first-order chi connectivity index (χ1) is 8.76. The largest absolute Gasteiger partial charge is 0.330 e. The molecule has 0 aliphatic heterocycles. The summed E-state index contributed by atoms with van der Waals surface area (Å²) in [5.41, 5.74) is 6.99. The van der Waals surface area contributed by atoms with Crippen LogP contribution in [0.4, 0.5) is 4.39 Å². The summed E-state index contributed by atoms with van der Waals surface area (Å²) in [4.78, 5) is 4.05. The van der Waals surface area contributed by atoms with Crippen molar-refractivity contribution in [3.63, 3.8) is 0 Å². The molecule has 0 saturated heterocycles. The average molecular weight is 249 g/mol. The van der Waals surface area contributed by atoms with Crippen LogP contribution >= 0.6 is 0 Å². The van der Waals surface area contributed by atoms with Gasteiger partial charge in [-0.15, -0.1) is 0 Å². The van der Waals surface area contributed by atoms with Gasteiger partial charge in [-0.1, -0.05) is 25.2 Å². The molecule has 3 nitrogen and oxygen atoms in total. The molecule has 4 heteroatoms. The molecule has 0 amide bonds. The van der Waals surface area contributed by atoms with Gasteiger partial charge in [0, 0.05) is 24.4 Å². The van der Waals surface area contributed by atoms with Crippen LogP contribution in [0.15, 0.2) is 42.5 Å². The molecular formula is C14H20FN3. The van der Waals surface area contributed by atoms with E-state index in [0.29, 0.717) is 6.04 Å². The number of aromatic nitrogens is 2. The molecule has 1 aromatic rings. The van der Waals surface area contributed by atoms with Crippen LogP contribution < -0.4 is 5.73 Å². The minimum atomic E-state index is -0.464. The fraction of sp³-hybridized carbons (Fsp3) is 0.500. The summed E-state index contributed by atoms with van der Waals surface area (Å²) in [6, 6.07) is -0.0777. The van der Waals surface area contributed by atoms with Gasteiger partial charge in [-0.2, -0.15) is 0 Å². The Labute approximate surface area is 107 Å². The first-order valence-corrected chi connectivity index (χ1v) is 6.43. The van der Waals surface area contributed by atoms with Crippen molar-refractivity contribution in [3.8, 4) is 0 Å². The normalized spacial score (nSPS) is 22.6. The molecule has 0 bridgehead atoms. The van der Waals surface area contributed by atoms with E-state index in [4.69, 9.17) is 5.73 Å². The standard InChI is InChI=1S/C14H20FN3/c1-2-13(14(16)9-15)11-3-5-12(6-4-11)18-8-7-17-10-18/h3-5,7-8,10,12-14H,2,6,9,16H2,1H3. The van der Waals surface area contributed by atoms with Crippen molar-refractivity contribution in [2.45, 2.75) is 31.8 Å². The molecule has 1 aromatic heterocycles. The molecule has 1 heterocycles. The van der Waals surface area contributed by atoms with Crippen LogP contribution in [0.25, 0.3) is 0 Å². The number of rotatable bonds is 5. The lowest BCUT2D eigenvalue weighted by atomic mass is 9.86. The van der Waals surface area contributed by atoms with Gasteiger partial charge in [0.25, 0.3) is 0 Å². The highest BCUT2D eigenvalue weighted by Crippen LogP contribution is 2.28. The van der Waals surface area contributed by atoms with E-state index >= 15 is 0 Å². The van der Waals surface area contributed by atoms with E-state index in [1.807, 2.05) is 12.5 Å². The number of alkyl halides is 1. The Hall–Kier alpha value is -1.42. The maximum atomic E-state index is 12.7. The molecule has 1 aliphatic rings. The Balaban J connectivity index is 2.04. The zero-order valence-corrected chi connectivity index (χ0v) is 10.7. The van der Waals surface area contributed by atoms with Gasteiger partial charge in [-0.05, 0) is 18.4 Å². The third-order valence-corrected chi connectivity index (χ3v) is 3.58. The summed E-state index contributed by atoms with van der Waals surface area (Å²) < 4.78 is 14.8. The molecule has 0 aromatic carbocycles. The monoisotopic (exact) mass is 249 g/mol. The van der Waals surface area contributed by atoms with Gasteiger partial charge in [0.2, 0.25) is 0 Å². The molecule has 0 radical (unpaired) electrons. The van der Waals surface area contributed by atoms with Gasteiger partial charge in [-0.3, -0.25) is 0 Å². The van der Waals surface area contributed by atoms with Crippen molar-refractivity contribution in [2.75, 3.05) is 6.67 Å². The number of hydrogen-bond acceptors (Lipinski definition) is 2. The zero-order chi connectivity index (χ0) is 13.0. The van der Waals surface area contributed by atoms with Crippen LogP contribution in [0, 0.1) is 5.92 Å². The molecule has 3 atom stereocenters. The summed E-state index contributed by atoms with van der Waals surface area (Å²) >= 11 is 0. The highest BCUT2D eigenvalue weighted by Gasteiger charge is 2.21. The van der Waals surface area contributed by atoms with Crippen molar-refractivity contribution in [1.29, 1.82) is 0 Å². The maximum absolute atomic E-state index is 12.7. The minimum absolute atomic E-state index is 0.120. The number of hydrogen-bond donors (Lipinski definition) is 1. The molecule has 0 spiro atoms. The number of nitrogens with zero attached hydrogens (tertiary/aromatic N) is 2. The Morgan fingerprint density at radius 3 is 2.94 bits per heavy atom. The smallest absolute Gasteiger partial charge is 0.105 e. The maximum Gasteiger partial charge on any atom is 0.105 e. The summed E-state index contributed by atoms with van der Waals surface area (Å²) in [6.07, 6.45) is 13.7. The molecule has 0 saturated carbocycles. The van der Waals surface area contributed by atoms with Crippen LogP contribution in [-0.4, -0.2) is 22.3 Å². The lowest BCUT2D eigenvalue weighted by molar-refractivity contribution is 0.357. The van der Waals surface area contributed by atoms with E-state index in [0.717, 1.165) is 12.8 Å². The second kappa shape index (κ2) is 5.96. The molecule has 2 rings (SSSR count). The predicted molar refractivity (Wildman–Crippen MR) is 70.8 cm³/mol. The summed E-state index contributed by atoms with van der Waals surface area (Å²) in [5.74, 6) is 0.120. The van der Waals surface area contributed by atoms with E-state index in [1.165, 1.54) is 5.57 Å². The Bertz CT molecular complexity index is 422. The van der Waals surface area contributed by atoms with Gasteiger partial charge in [0.15, 0.2) is 0 Å². The van der Waals surface area contributed by atoms with E-state index in [-0.39, 0.29) is 5.92 Å². The van der Waals surface area contributed by atoms with E-state index in [2.05, 4.69) is 34.7 Å². The van der Waals surface area contributed by atoms with Crippen LogP contribution in [-0.2, 0) is 0 Å². The summed E-state index contributed by atoms with van der Waals surface area (Å²) in [7, 11) is 0. The summed E-state index contributed by atoms with van der Waals surface area (Å²) in [5, 5.41) is 0. The van der Waals surface area contributed by atoms with Crippen LogP contribution in [0.1, 0.15) is 25.8 Å². The third kappa shape index (κ3) is 2.70. The predicted octanol–water partition coefficient (Wildman–Crippen LogP) is 2.63. The first-order valence-electron chi connectivity index (χ1n) is 6.43. The van der Waals surface area contributed by atoms with Gasteiger partial charge in [0.05, 0.1) is 12.4 Å². The van der Waals surface area contributed by atoms with E-state index in [9.17, 15) is 4.39 Å². The second-order valence-corrected chi connectivity index (χ2v) is 4.71. The molecule has 1 aliphatic carbocycles. The molecule has 3 unspecified atom stereocenters. The first kappa shape index (κ1) is 13.0. The van der Waals surface area contributed by atoms with Crippen LogP contribution in [0.3, 0.4) is 0 Å². The minimum Gasteiger partial charge on any atom is -0.330 e. The fourth-order valence-corrected chi connectivity index (χ4v) is 2.48. The molecule has 18 heavy (non-hydrogen) atoms. The molecule has 2 N–H and O–H groups in total. The van der Waals surface area contributed by atoms with E-state index < -0.39 is 12.7 Å². The number of halogens is 1. The van der Waals surface area contributed by atoms with Crippen molar-refractivity contribution in [2.24, 2.45) is 11.7 Å². The average Bonchev–Trinajstić information content (AvgIpc) is 2.94. The Morgan fingerprint density at radius 2 is 2.44 bits per heavy atom. The third-order valence-electron chi connectivity index (χ3n) is 3.58. The Morgan fingerprint density at radius 1 is 1.61 bits per heavy atom. The van der Waals surface area contributed by atoms with Crippen molar-refractivity contribution in [3.05, 3.63) is 42.5 Å². The van der Waals surface area contributed by atoms with Gasteiger partial charge in [0.1, 0.15) is 6.67 Å². The molecule has 98 valence electrons. The molecule has 0 fully saturated rings. The van der Waals surface area contributed by atoms with Gasteiger partial charge < -0.3 is 10.3 Å². The van der Waals surface area contributed by atoms with Gasteiger partial charge in [-0.25, -0.2) is 9.37 Å². The van der Waals surface area contributed by atoms with Crippen molar-refractivity contribution < 1.29 is 4.39 Å². The highest BCUT2D eigenvalue weighted by molar-refractivity contribution is 5.28. The number of imidazole rings is 1. The van der Waals surface area contributed by atoms with E-state index in [1.54, 1.807) is 6.20 Å². The van der Waals surface area contributed by atoms with Crippen LogP contribution in [0.2, 0.25) is 0 Å². The highest BCUT2D eigenvalue weighted by atomic mass is 19.1. The van der Waals surface area contributed by atoms with Gasteiger partial charge >= 0.3 is 0 Å². The Kier molecular flexibility index (Phi) is 4.31. The van der Waals surface area contributed by atoms with Crippen LogP contribution in [0.5, 0.6) is 0 Å². The van der Waals surface area contributed by atoms with Crippen molar-refractivity contribution in [1.82, 2.24) is 9.55 Å².